The minimum absolute atomic E-state index is 0.216. The second kappa shape index (κ2) is 7.81. The van der Waals surface area contributed by atoms with Crippen LogP contribution in [0.1, 0.15) is 20.8 Å². The Balaban J connectivity index is 1.18. The van der Waals surface area contributed by atoms with Gasteiger partial charge in [-0.3, -0.25) is 9.89 Å². The van der Waals surface area contributed by atoms with Crippen molar-refractivity contribution in [3.8, 4) is 11.4 Å². The Morgan fingerprint density at radius 1 is 1.13 bits per heavy atom. The molecule has 3 N–H and O–H groups in total. The Labute approximate surface area is 218 Å². The molecule has 1 amide bonds. The summed E-state index contributed by atoms with van der Waals surface area (Å²) in [6.45, 7) is 9.91. The number of nitrogens with one attached hydrogen (secondary N) is 3. The SMILES string of the molecule is CC1=C(C(=O)Nc2ccc3[nH]nc(-c4cc(N5CC6(CNC6)C5)ncn4)c3c2)C(C)(C)n2nnnc2N1C. The first-order valence-electron chi connectivity index (χ1n) is 12.6. The van der Waals surface area contributed by atoms with E-state index in [1.165, 1.54) is 0 Å². The molecule has 194 valence electrons. The smallest absolute Gasteiger partial charge is 0.255 e. The summed E-state index contributed by atoms with van der Waals surface area (Å²) < 4.78 is 1.67. The minimum Gasteiger partial charge on any atom is -0.355 e. The highest BCUT2D eigenvalue weighted by Gasteiger charge is 2.48. The number of aromatic amines is 1. The summed E-state index contributed by atoms with van der Waals surface area (Å²) in [5, 5.41) is 27.0. The van der Waals surface area contributed by atoms with E-state index in [0.29, 0.717) is 28.3 Å². The van der Waals surface area contributed by atoms with Gasteiger partial charge in [0.05, 0.1) is 22.3 Å². The first kappa shape index (κ1) is 22.8. The van der Waals surface area contributed by atoms with Crippen LogP contribution in [0.3, 0.4) is 0 Å². The number of nitrogens with zero attached hydrogens (tertiary/aromatic N) is 9. The molecule has 0 radical (unpaired) electrons. The van der Waals surface area contributed by atoms with Crippen LogP contribution in [0.15, 0.2) is 41.9 Å². The number of carbonyl (C=O) groups excluding carboxylic acids is 1. The maximum atomic E-state index is 13.6. The molecule has 3 aliphatic heterocycles. The zero-order valence-electron chi connectivity index (χ0n) is 21.6. The molecule has 4 aromatic rings. The predicted molar refractivity (Wildman–Crippen MR) is 142 cm³/mol. The monoisotopic (exact) mass is 512 g/mol. The van der Waals surface area contributed by atoms with Gasteiger partial charge in [-0.05, 0) is 49.4 Å². The van der Waals surface area contributed by atoms with Crippen LogP contribution in [-0.2, 0) is 10.3 Å². The second-order valence-corrected chi connectivity index (χ2v) is 11.0. The lowest BCUT2D eigenvalue weighted by Gasteiger charge is -2.56. The molecule has 6 heterocycles. The van der Waals surface area contributed by atoms with Gasteiger partial charge in [-0.2, -0.15) is 5.10 Å². The van der Waals surface area contributed by atoms with E-state index in [2.05, 4.69) is 51.2 Å². The van der Waals surface area contributed by atoms with Gasteiger partial charge in [0.2, 0.25) is 5.95 Å². The first-order valence-corrected chi connectivity index (χ1v) is 12.6. The van der Waals surface area contributed by atoms with Gasteiger partial charge in [0.25, 0.3) is 5.91 Å². The lowest BCUT2D eigenvalue weighted by atomic mass is 9.74. The van der Waals surface area contributed by atoms with E-state index in [1.54, 1.807) is 11.0 Å². The summed E-state index contributed by atoms with van der Waals surface area (Å²) >= 11 is 0. The van der Waals surface area contributed by atoms with Gasteiger partial charge in [0, 0.05) is 61.5 Å². The van der Waals surface area contributed by atoms with Crippen LogP contribution in [0.5, 0.6) is 0 Å². The Bertz CT molecular complexity index is 1620. The summed E-state index contributed by atoms with van der Waals surface area (Å²) in [5.74, 6) is 1.28. The zero-order chi connectivity index (χ0) is 26.2. The molecule has 0 atom stereocenters. The maximum Gasteiger partial charge on any atom is 0.255 e. The molecule has 13 nitrogen and oxygen atoms in total. The summed E-state index contributed by atoms with van der Waals surface area (Å²) in [4.78, 5) is 26.7. The molecule has 2 saturated heterocycles. The molecule has 2 fully saturated rings. The summed E-state index contributed by atoms with van der Waals surface area (Å²) in [7, 11) is 1.85. The third-order valence-corrected chi connectivity index (χ3v) is 8.08. The molecule has 38 heavy (non-hydrogen) atoms. The topological polar surface area (TPSA) is 146 Å². The molecule has 1 spiro atoms. The largest absolute Gasteiger partial charge is 0.355 e. The molecule has 0 aliphatic carbocycles. The van der Waals surface area contributed by atoms with Crippen molar-refractivity contribution in [3.05, 3.63) is 41.9 Å². The Morgan fingerprint density at radius 2 is 1.95 bits per heavy atom. The number of aromatic nitrogens is 8. The number of hydrogen-bond acceptors (Lipinski definition) is 10. The molecule has 0 saturated carbocycles. The maximum absolute atomic E-state index is 13.6. The molecular formula is C25H28N12O. The fourth-order valence-electron chi connectivity index (χ4n) is 5.82. The van der Waals surface area contributed by atoms with Crippen molar-refractivity contribution in [2.75, 3.05) is 48.3 Å². The summed E-state index contributed by atoms with van der Waals surface area (Å²) in [6, 6.07) is 7.67. The van der Waals surface area contributed by atoms with E-state index in [-0.39, 0.29) is 5.91 Å². The molecule has 0 bridgehead atoms. The van der Waals surface area contributed by atoms with Crippen LogP contribution < -0.4 is 20.4 Å². The van der Waals surface area contributed by atoms with E-state index < -0.39 is 5.54 Å². The zero-order valence-corrected chi connectivity index (χ0v) is 21.6. The van der Waals surface area contributed by atoms with Gasteiger partial charge in [-0.1, -0.05) is 5.10 Å². The van der Waals surface area contributed by atoms with Crippen LogP contribution in [0.4, 0.5) is 17.5 Å². The first-order chi connectivity index (χ1) is 18.3. The quantitative estimate of drug-likeness (QED) is 0.368. The lowest BCUT2D eigenvalue weighted by Crippen LogP contribution is -2.71. The number of hydrogen-bond donors (Lipinski definition) is 3. The molecule has 1 aromatic carbocycles. The normalized spacial score (nSPS) is 19.4. The Hall–Kier alpha value is -4.39. The molecule has 13 heteroatoms. The van der Waals surface area contributed by atoms with E-state index >= 15 is 0 Å². The van der Waals surface area contributed by atoms with Crippen LogP contribution in [0, 0.1) is 5.41 Å². The average molecular weight is 513 g/mol. The number of amides is 1. The van der Waals surface area contributed by atoms with Crippen molar-refractivity contribution in [1.29, 1.82) is 0 Å². The number of carbonyl (C=O) groups is 1. The van der Waals surface area contributed by atoms with E-state index in [9.17, 15) is 4.79 Å². The average Bonchev–Trinajstić information content (AvgIpc) is 3.49. The van der Waals surface area contributed by atoms with Gasteiger partial charge in [0.15, 0.2) is 0 Å². The number of rotatable bonds is 4. The third kappa shape index (κ3) is 3.24. The fourth-order valence-corrected chi connectivity index (χ4v) is 5.82. The highest BCUT2D eigenvalue weighted by molar-refractivity contribution is 6.07. The molecule has 7 rings (SSSR count). The van der Waals surface area contributed by atoms with Crippen LogP contribution in [0.2, 0.25) is 0 Å². The number of tetrazole rings is 1. The molecule has 3 aliphatic rings. The van der Waals surface area contributed by atoms with Crippen molar-refractivity contribution in [2.45, 2.75) is 26.3 Å². The predicted octanol–water partition coefficient (Wildman–Crippen LogP) is 1.51. The summed E-state index contributed by atoms with van der Waals surface area (Å²) in [6.07, 6.45) is 1.59. The van der Waals surface area contributed by atoms with Gasteiger partial charge < -0.3 is 20.4 Å². The number of H-pyrrole nitrogens is 1. The number of benzene rings is 1. The second-order valence-electron chi connectivity index (χ2n) is 11.0. The van der Waals surface area contributed by atoms with E-state index in [1.807, 2.05) is 57.0 Å². The van der Waals surface area contributed by atoms with Crippen LogP contribution >= 0.6 is 0 Å². The standard InChI is InChI=1S/C25H28N12O/c1-14-20(24(2,3)37-23(35(14)4)32-33-34-37)22(38)29-15-5-6-17-16(7-15)21(31-30-17)18-8-19(28-13-27-18)36-11-25(12-36)9-26-10-25/h5-8,13,26H,9-12H2,1-4H3,(H,29,38)(H,30,31). The Morgan fingerprint density at radius 3 is 2.71 bits per heavy atom. The molecule has 3 aromatic heterocycles. The van der Waals surface area contributed by atoms with Crippen LogP contribution in [-0.4, -0.2) is 79.5 Å². The van der Waals surface area contributed by atoms with E-state index in [0.717, 1.165) is 54.3 Å². The number of fused-ring (bicyclic) bond motifs is 2. The summed E-state index contributed by atoms with van der Waals surface area (Å²) in [5.41, 5.74) is 4.01. The van der Waals surface area contributed by atoms with Crippen molar-refractivity contribution in [2.24, 2.45) is 5.41 Å². The highest BCUT2D eigenvalue weighted by atomic mass is 16.1. The molecular weight excluding hydrogens is 484 g/mol. The van der Waals surface area contributed by atoms with Gasteiger partial charge in [0.1, 0.15) is 17.8 Å². The molecule has 0 unspecified atom stereocenters. The van der Waals surface area contributed by atoms with E-state index in [4.69, 9.17) is 0 Å². The minimum atomic E-state index is -0.729. The van der Waals surface area contributed by atoms with Crippen molar-refractivity contribution < 1.29 is 4.79 Å². The third-order valence-electron chi connectivity index (χ3n) is 8.08. The van der Waals surface area contributed by atoms with Gasteiger partial charge in [-0.15, -0.1) is 0 Å². The number of allylic oxidation sites excluding steroid dienone is 1. The van der Waals surface area contributed by atoms with Crippen molar-refractivity contribution in [1.82, 2.24) is 45.7 Å². The highest BCUT2D eigenvalue weighted by Crippen LogP contribution is 2.39. The number of anilines is 3. The fraction of sp³-hybridized carbons (Fsp3) is 0.400. The van der Waals surface area contributed by atoms with Gasteiger partial charge >= 0.3 is 0 Å². The van der Waals surface area contributed by atoms with Gasteiger partial charge in [-0.25, -0.2) is 14.6 Å². The van der Waals surface area contributed by atoms with Crippen molar-refractivity contribution in [3.63, 3.8) is 0 Å². The lowest BCUT2D eigenvalue weighted by molar-refractivity contribution is -0.113. The Kier molecular flexibility index (Phi) is 4.68. The van der Waals surface area contributed by atoms with Crippen LogP contribution in [0.25, 0.3) is 22.3 Å². The van der Waals surface area contributed by atoms with Crippen molar-refractivity contribution >= 4 is 34.3 Å².